The zero-order chi connectivity index (χ0) is 28.1. The highest BCUT2D eigenvalue weighted by atomic mass is 127. The van der Waals surface area contributed by atoms with Crippen molar-refractivity contribution in [1.29, 1.82) is 5.26 Å². The van der Waals surface area contributed by atoms with Crippen molar-refractivity contribution >= 4 is 50.8 Å². The average Bonchev–Trinajstić information content (AvgIpc) is 3.49. The molecule has 0 spiro atoms. The van der Waals surface area contributed by atoms with Gasteiger partial charge in [0, 0.05) is 29.7 Å². The van der Waals surface area contributed by atoms with E-state index in [4.69, 9.17) is 11.6 Å². The Morgan fingerprint density at radius 2 is 2.03 bits per heavy atom. The number of nitrogens with zero attached hydrogens (tertiary/aromatic N) is 6. The topological polar surface area (TPSA) is 92.3 Å². The number of benzene rings is 1. The molecule has 1 aliphatic carbocycles. The van der Waals surface area contributed by atoms with Crippen LogP contribution in [0.1, 0.15) is 74.5 Å². The molecule has 3 aromatic heterocycles. The van der Waals surface area contributed by atoms with Crippen LogP contribution in [0.15, 0.2) is 30.5 Å². The Kier molecular flexibility index (Phi) is 7.31. The Morgan fingerprint density at radius 1 is 1.28 bits per heavy atom. The lowest BCUT2D eigenvalue weighted by molar-refractivity contribution is 0.443. The molecule has 10 heteroatoms. The monoisotopic (exact) mass is 657 g/mol. The van der Waals surface area contributed by atoms with Crippen LogP contribution in [-0.4, -0.2) is 31.5 Å². The van der Waals surface area contributed by atoms with E-state index in [9.17, 15) is 9.65 Å². The third-order valence-electron chi connectivity index (χ3n) is 7.26. The van der Waals surface area contributed by atoms with Crippen molar-refractivity contribution in [2.75, 3.05) is 11.9 Å². The number of aromatic nitrogens is 5. The Morgan fingerprint density at radius 3 is 2.67 bits per heavy atom. The molecule has 0 amide bonds. The summed E-state index contributed by atoms with van der Waals surface area (Å²) in [6.07, 6.45) is 4.22. The van der Waals surface area contributed by atoms with E-state index in [1.807, 2.05) is 23.7 Å². The van der Waals surface area contributed by atoms with Gasteiger partial charge in [-0.2, -0.15) is 9.65 Å². The first-order valence-electron chi connectivity index (χ1n) is 12.9. The third kappa shape index (κ3) is 5.59. The van der Waals surface area contributed by atoms with E-state index in [1.165, 1.54) is 6.07 Å². The van der Waals surface area contributed by atoms with E-state index in [0.29, 0.717) is 34.8 Å². The maximum absolute atomic E-state index is 14.0. The lowest BCUT2D eigenvalue weighted by Crippen LogP contribution is -2.19. The van der Waals surface area contributed by atoms with Crippen molar-refractivity contribution in [1.82, 2.24) is 25.0 Å². The fraction of sp³-hybridized carbons (Fsp3) is 0.414. The average molecular weight is 658 g/mol. The Labute approximate surface area is 246 Å². The van der Waals surface area contributed by atoms with Crippen LogP contribution in [0.5, 0.6) is 0 Å². The number of pyridine rings is 2. The van der Waals surface area contributed by atoms with E-state index in [0.717, 1.165) is 44.4 Å². The maximum atomic E-state index is 14.0. The van der Waals surface area contributed by atoms with Gasteiger partial charge in [0.15, 0.2) is 0 Å². The Balaban J connectivity index is 1.63. The highest BCUT2D eigenvalue weighted by Gasteiger charge is 2.43. The molecule has 1 fully saturated rings. The van der Waals surface area contributed by atoms with E-state index < -0.39 is 5.95 Å². The van der Waals surface area contributed by atoms with Crippen LogP contribution in [0.25, 0.3) is 10.9 Å². The second-order valence-electron chi connectivity index (χ2n) is 11.8. The minimum atomic E-state index is -0.516. The van der Waals surface area contributed by atoms with Gasteiger partial charge in [0.2, 0.25) is 5.95 Å². The summed E-state index contributed by atoms with van der Waals surface area (Å²) in [5, 5.41) is 23.7. The smallest absolute Gasteiger partial charge is 0.213 e. The van der Waals surface area contributed by atoms with E-state index in [2.05, 4.69) is 82.0 Å². The Bertz CT molecular complexity index is 1610. The number of nitrogens with one attached hydrogen (secondary N) is 1. The maximum Gasteiger partial charge on any atom is 0.213 e. The van der Waals surface area contributed by atoms with Gasteiger partial charge < -0.3 is 5.32 Å². The molecule has 0 saturated heterocycles. The van der Waals surface area contributed by atoms with Gasteiger partial charge >= 0.3 is 0 Å². The van der Waals surface area contributed by atoms with Crippen molar-refractivity contribution in [2.24, 2.45) is 5.41 Å². The zero-order valence-corrected chi connectivity index (χ0v) is 25.5. The molecule has 1 atom stereocenters. The van der Waals surface area contributed by atoms with Gasteiger partial charge in [0.05, 0.1) is 27.3 Å². The summed E-state index contributed by atoms with van der Waals surface area (Å²) < 4.78 is 17.0. The number of aryl methyl sites for hydroxylation is 1. The molecule has 39 heavy (non-hydrogen) atoms. The highest BCUT2D eigenvalue weighted by molar-refractivity contribution is 14.1. The third-order valence-corrected chi connectivity index (χ3v) is 8.56. The number of rotatable bonds is 7. The molecular weight excluding hydrogens is 628 g/mol. The zero-order valence-electron chi connectivity index (χ0n) is 22.6. The van der Waals surface area contributed by atoms with Crippen molar-refractivity contribution < 1.29 is 4.39 Å². The van der Waals surface area contributed by atoms with Crippen LogP contribution in [0.3, 0.4) is 0 Å². The SMILES string of the molecule is Cc1nc(F)ccc1[C@H](Cc1cc(Cl)c2ncc(C#N)c(NCC(C)(C)C)c2c1)c1nnn(C2(C)CC2)c1I. The highest BCUT2D eigenvalue weighted by Crippen LogP contribution is 2.45. The lowest BCUT2D eigenvalue weighted by atomic mass is 9.88. The van der Waals surface area contributed by atoms with Gasteiger partial charge in [-0.3, -0.25) is 4.98 Å². The van der Waals surface area contributed by atoms with Crippen LogP contribution in [0.2, 0.25) is 5.02 Å². The van der Waals surface area contributed by atoms with E-state index in [-0.39, 0.29) is 16.9 Å². The first-order valence-corrected chi connectivity index (χ1v) is 14.4. The molecule has 0 unspecified atom stereocenters. The molecule has 202 valence electrons. The second kappa shape index (κ2) is 10.3. The first-order chi connectivity index (χ1) is 18.4. The number of nitriles is 1. The summed E-state index contributed by atoms with van der Waals surface area (Å²) >= 11 is 9.10. The molecule has 1 aromatic carbocycles. The molecule has 5 rings (SSSR count). The van der Waals surface area contributed by atoms with Crippen molar-refractivity contribution in [2.45, 2.75) is 65.3 Å². The first kappa shape index (κ1) is 27.7. The molecule has 1 aliphatic rings. The minimum Gasteiger partial charge on any atom is -0.383 e. The van der Waals surface area contributed by atoms with Crippen LogP contribution < -0.4 is 5.32 Å². The number of hydrogen-bond donors (Lipinski definition) is 1. The molecular formula is C29H30ClFIN7. The van der Waals surface area contributed by atoms with Gasteiger partial charge in [-0.25, -0.2) is 9.67 Å². The number of anilines is 1. The Hall–Kier alpha value is -2.84. The van der Waals surface area contributed by atoms with Crippen molar-refractivity contribution in [3.8, 4) is 6.07 Å². The van der Waals surface area contributed by atoms with Crippen LogP contribution in [0.4, 0.5) is 10.1 Å². The van der Waals surface area contributed by atoms with Gasteiger partial charge in [-0.1, -0.05) is 43.7 Å². The number of fused-ring (bicyclic) bond motifs is 1. The fourth-order valence-corrected chi connectivity index (χ4v) is 6.25. The summed E-state index contributed by atoms with van der Waals surface area (Å²) in [4.78, 5) is 8.60. The van der Waals surface area contributed by atoms with Gasteiger partial charge in [0.25, 0.3) is 0 Å². The number of halogens is 3. The standard InChI is InChI=1S/C29H30ClFIN7/c1-16-19(6-7-23(31)36-16)20(26-27(32)39(38-37-26)29(5)8-9-29)10-17-11-21-24(35-15-28(2,3)4)18(13-33)14-34-25(21)22(30)12-17/h6-7,11-12,14,20H,8-10,15H2,1-5H3,(H,34,35)/t20-/m0/s1. The summed E-state index contributed by atoms with van der Waals surface area (Å²) in [5.74, 6) is -0.745. The summed E-state index contributed by atoms with van der Waals surface area (Å²) in [7, 11) is 0. The normalized spacial score (nSPS) is 15.3. The predicted octanol–water partition coefficient (Wildman–Crippen LogP) is 7.14. The van der Waals surface area contributed by atoms with E-state index >= 15 is 0 Å². The van der Waals surface area contributed by atoms with Crippen molar-refractivity contribution in [3.63, 3.8) is 0 Å². The molecule has 1 N–H and O–H groups in total. The fourth-order valence-electron chi connectivity index (χ4n) is 4.79. The largest absolute Gasteiger partial charge is 0.383 e. The lowest BCUT2D eigenvalue weighted by Gasteiger charge is -2.22. The molecule has 4 aromatic rings. The van der Waals surface area contributed by atoms with Crippen molar-refractivity contribution in [3.05, 3.63) is 73.2 Å². The minimum absolute atomic E-state index is 0.00262. The molecule has 3 heterocycles. The van der Waals surface area contributed by atoms with Gasteiger partial charge in [-0.15, -0.1) is 5.10 Å². The molecule has 0 bridgehead atoms. The van der Waals surface area contributed by atoms with Crippen LogP contribution in [-0.2, 0) is 12.0 Å². The molecule has 0 aliphatic heterocycles. The summed E-state index contributed by atoms with van der Waals surface area (Å²) in [5.41, 5.74) is 5.07. The summed E-state index contributed by atoms with van der Waals surface area (Å²) in [6, 6.07) is 9.39. The number of hydrogen-bond acceptors (Lipinski definition) is 6. The molecule has 7 nitrogen and oxygen atoms in total. The molecule has 1 saturated carbocycles. The van der Waals surface area contributed by atoms with Crippen LogP contribution >= 0.6 is 34.2 Å². The van der Waals surface area contributed by atoms with Crippen LogP contribution in [0, 0.1) is 33.3 Å². The summed E-state index contributed by atoms with van der Waals surface area (Å²) in [6.45, 7) is 11.1. The van der Waals surface area contributed by atoms with E-state index in [1.54, 1.807) is 12.3 Å². The van der Waals surface area contributed by atoms with Gasteiger partial charge in [0.1, 0.15) is 15.5 Å². The quantitative estimate of drug-likeness (QED) is 0.168. The second-order valence-corrected chi connectivity index (χ2v) is 13.2. The van der Waals surface area contributed by atoms with Gasteiger partial charge in [-0.05, 0) is 90.4 Å². The molecule has 0 radical (unpaired) electrons. The predicted molar refractivity (Wildman–Crippen MR) is 160 cm³/mol.